The molecule has 1 aromatic rings. The number of nitrogens with one attached hydrogen (secondary N) is 1. The van der Waals surface area contributed by atoms with Gasteiger partial charge in [0.25, 0.3) is 0 Å². The first-order valence-electron chi connectivity index (χ1n) is 12.1. The molecule has 8 atom stereocenters. The van der Waals surface area contributed by atoms with Gasteiger partial charge in [-0.25, -0.2) is 4.79 Å². The normalized spacial score (nSPS) is 33.8. The maximum Gasteiger partial charge on any atom is 0.411 e. The molecule has 4 rings (SSSR count). The number of halogens is 1. The summed E-state index contributed by atoms with van der Waals surface area (Å²) in [5, 5.41) is 59.2. The van der Waals surface area contributed by atoms with Gasteiger partial charge in [0.2, 0.25) is 11.7 Å². The fourth-order valence-electron chi connectivity index (χ4n) is 6.35. The van der Waals surface area contributed by atoms with Gasteiger partial charge in [-0.1, -0.05) is 28.9 Å². The van der Waals surface area contributed by atoms with Gasteiger partial charge in [-0.05, 0) is 31.6 Å². The number of aromatic hydroxyl groups is 1. The zero-order chi connectivity index (χ0) is 29.1. The summed E-state index contributed by atoms with van der Waals surface area (Å²) < 4.78 is 4.91. The Labute approximate surface area is 231 Å². The van der Waals surface area contributed by atoms with Crippen LogP contribution in [-0.4, -0.2) is 104 Å². The number of primary amides is 1. The molecule has 3 aliphatic rings. The van der Waals surface area contributed by atoms with Crippen molar-refractivity contribution < 1.29 is 49.4 Å². The molecule has 0 aromatic heterocycles. The van der Waals surface area contributed by atoms with Crippen molar-refractivity contribution in [2.75, 3.05) is 31.3 Å². The molecule has 212 valence electrons. The molecule has 14 heteroatoms. The summed E-state index contributed by atoms with van der Waals surface area (Å²) in [6.45, 7) is 1.66. The Morgan fingerprint density at radius 3 is 2.38 bits per heavy atom. The number of aliphatic hydroxyl groups is 4. The number of Topliss-reactive ketones (excluding diaryl/α,β-unsaturated/α-hetero) is 2. The lowest BCUT2D eigenvalue weighted by molar-refractivity contribution is -0.199. The average Bonchev–Trinajstić information content (AvgIpc) is 2.85. The highest BCUT2D eigenvalue weighted by atomic mass is 79.9. The fourth-order valence-corrected chi connectivity index (χ4v) is 6.52. The van der Waals surface area contributed by atoms with E-state index in [1.807, 2.05) is 0 Å². The number of likely N-dealkylation sites (N-methyl/N-ethyl adjacent to an activating group) is 1. The van der Waals surface area contributed by atoms with E-state index in [2.05, 4.69) is 21.2 Å². The molecule has 0 aliphatic heterocycles. The third-order valence-electron chi connectivity index (χ3n) is 8.04. The minimum Gasteiger partial charge on any atom is -0.507 e. The van der Waals surface area contributed by atoms with Crippen LogP contribution in [0.1, 0.15) is 24.0 Å². The van der Waals surface area contributed by atoms with Crippen LogP contribution in [0.2, 0.25) is 0 Å². The number of hydrogen-bond donors (Lipinski definition) is 7. The third kappa shape index (κ3) is 4.12. The molecule has 39 heavy (non-hydrogen) atoms. The molecule has 0 heterocycles. The quantitative estimate of drug-likeness (QED) is 0.129. The van der Waals surface area contributed by atoms with Gasteiger partial charge < -0.3 is 40.9 Å². The van der Waals surface area contributed by atoms with Crippen LogP contribution in [0, 0.1) is 17.8 Å². The van der Waals surface area contributed by atoms with E-state index in [0.29, 0.717) is 10.9 Å². The number of nitrogens with zero attached hydrogens (tertiary/aromatic N) is 1. The summed E-state index contributed by atoms with van der Waals surface area (Å²) in [6.07, 6.45) is -4.28. The molecular formula is C25H30BrN3O10. The highest BCUT2D eigenvalue weighted by molar-refractivity contribution is 9.09. The van der Waals surface area contributed by atoms with Crippen LogP contribution in [-0.2, 0) is 19.1 Å². The number of alkyl halides is 1. The Hall–Kier alpha value is -3.04. The Balaban J connectivity index is 1.90. The van der Waals surface area contributed by atoms with Gasteiger partial charge in [0.1, 0.15) is 24.0 Å². The van der Waals surface area contributed by atoms with Crippen molar-refractivity contribution in [2.45, 2.75) is 36.7 Å². The molecular weight excluding hydrogens is 582 g/mol. The number of amides is 2. The van der Waals surface area contributed by atoms with E-state index in [9.17, 15) is 44.7 Å². The third-order valence-corrected chi connectivity index (χ3v) is 8.36. The molecule has 13 nitrogen and oxygen atoms in total. The number of carbonyl (C=O) groups is 4. The molecule has 0 radical (unpaired) electrons. The number of ketones is 2. The van der Waals surface area contributed by atoms with Crippen molar-refractivity contribution in [3.05, 3.63) is 28.8 Å². The second-order valence-electron chi connectivity index (χ2n) is 10.3. The number of phenolic OH excluding ortho intramolecular Hbond substituents is 1. The van der Waals surface area contributed by atoms with Gasteiger partial charge in [-0.2, -0.15) is 0 Å². The average molecular weight is 612 g/mol. The smallest absolute Gasteiger partial charge is 0.411 e. The number of aliphatic hydroxyl groups excluding tert-OH is 3. The summed E-state index contributed by atoms with van der Waals surface area (Å²) in [4.78, 5) is 52.9. The van der Waals surface area contributed by atoms with Gasteiger partial charge in [-0.3, -0.25) is 19.7 Å². The molecule has 1 aromatic carbocycles. The van der Waals surface area contributed by atoms with Crippen LogP contribution in [0.15, 0.2) is 17.7 Å². The highest BCUT2D eigenvalue weighted by Crippen LogP contribution is 2.56. The van der Waals surface area contributed by atoms with Crippen molar-refractivity contribution in [2.24, 2.45) is 23.5 Å². The minimum atomic E-state index is -3.02. The second-order valence-corrected chi connectivity index (χ2v) is 11.0. The summed E-state index contributed by atoms with van der Waals surface area (Å²) >= 11 is 3.11. The molecule has 8 N–H and O–H groups in total. The van der Waals surface area contributed by atoms with Crippen LogP contribution in [0.3, 0.4) is 0 Å². The maximum atomic E-state index is 13.9. The number of anilines is 1. The zero-order valence-electron chi connectivity index (χ0n) is 21.3. The molecule has 5 unspecified atom stereocenters. The lowest BCUT2D eigenvalue weighted by atomic mass is 9.52. The summed E-state index contributed by atoms with van der Waals surface area (Å²) in [6, 6.07) is 1.60. The number of carbonyl (C=O) groups excluding carboxylic acids is 4. The van der Waals surface area contributed by atoms with E-state index < -0.39 is 88.2 Å². The number of ether oxygens (including phenoxy) is 1. The van der Waals surface area contributed by atoms with E-state index in [0.717, 1.165) is 0 Å². The van der Waals surface area contributed by atoms with Gasteiger partial charge in [-0.15, -0.1) is 0 Å². The predicted octanol–water partition coefficient (Wildman–Crippen LogP) is -0.396. The largest absolute Gasteiger partial charge is 0.507 e. The van der Waals surface area contributed by atoms with Crippen molar-refractivity contribution in [1.29, 1.82) is 0 Å². The van der Waals surface area contributed by atoms with E-state index in [4.69, 9.17) is 10.5 Å². The van der Waals surface area contributed by atoms with Crippen LogP contribution in [0.4, 0.5) is 10.5 Å². The molecule has 0 bridgehead atoms. The number of hydrogen-bond acceptors (Lipinski definition) is 11. The molecule has 2 fully saturated rings. The predicted molar refractivity (Wildman–Crippen MR) is 139 cm³/mol. The summed E-state index contributed by atoms with van der Waals surface area (Å²) in [5.41, 5.74) is 1.74. The standard InChI is InChI=1S/C25H30BrN3O10/c1-8-9-4-5-10(28-24(37)39-7-6-26)17(30)12(9)18(31)13-11(8)19(32)15-16(29(2)3)20(33)14(23(27)36)22(35)25(15,38)21(13)34/h4-5,8,11,14-16,19-20,30-33,38H,6-7H2,1-3H3,(H2,27,36)(H,28,37)/t8-,11?,14?,15?,16?,19-,20?,25-/m0/s1. The minimum absolute atomic E-state index is 0.0423. The number of fused-ring (bicyclic) bond motifs is 3. The summed E-state index contributed by atoms with van der Waals surface area (Å²) in [7, 11) is 2.97. The van der Waals surface area contributed by atoms with Crippen molar-refractivity contribution in [3.8, 4) is 5.75 Å². The van der Waals surface area contributed by atoms with Crippen LogP contribution in [0.5, 0.6) is 5.75 Å². The molecule has 0 spiro atoms. The van der Waals surface area contributed by atoms with Crippen LogP contribution >= 0.6 is 15.9 Å². The molecule has 3 aliphatic carbocycles. The fraction of sp³-hybridized carbons (Fsp3) is 0.520. The number of benzene rings is 1. The van der Waals surface area contributed by atoms with E-state index >= 15 is 0 Å². The SMILES string of the molecule is C[C@H]1c2ccc(NC(=O)OCCBr)c(O)c2C(O)=C2C(=O)[C@]3(O)C(=O)C(C(N)=O)C(O)C(N(C)C)C3[C@@H](O)C21. The molecule has 2 saturated carbocycles. The Morgan fingerprint density at radius 1 is 1.18 bits per heavy atom. The van der Waals surface area contributed by atoms with Gasteiger partial charge >= 0.3 is 6.09 Å². The monoisotopic (exact) mass is 611 g/mol. The lowest BCUT2D eigenvalue weighted by Gasteiger charge is -2.56. The van der Waals surface area contributed by atoms with E-state index in [-0.39, 0.29) is 17.9 Å². The van der Waals surface area contributed by atoms with Crippen molar-refractivity contribution >= 4 is 50.9 Å². The Morgan fingerprint density at radius 2 is 1.82 bits per heavy atom. The van der Waals surface area contributed by atoms with Crippen molar-refractivity contribution in [1.82, 2.24) is 4.90 Å². The Bertz CT molecular complexity index is 1280. The number of phenols is 1. The maximum absolute atomic E-state index is 13.9. The van der Waals surface area contributed by atoms with Crippen molar-refractivity contribution in [3.63, 3.8) is 0 Å². The number of rotatable bonds is 5. The van der Waals surface area contributed by atoms with Gasteiger partial charge in [0, 0.05) is 28.8 Å². The Kier molecular flexibility index (Phi) is 7.55. The first kappa shape index (κ1) is 29.0. The lowest BCUT2D eigenvalue weighted by Crippen LogP contribution is -2.76. The van der Waals surface area contributed by atoms with Gasteiger partial charge in [0.15, 0.2) is 11.4 Å². The van der Waals surface area contributed by atoms with Gasteiger partial charge in [0.05, 0.1) is 23.5 Å². The first-order chi connectivity index (χ1) is 18.2. The highest BCUT2D eigenvalue weighted by Gasteiger charge is 2.71. The zero-order valence-corrected chi connectivity index (χ0v) is 22.9. The summed E-state index contributed by atoms with van der Waals surface area (Å²) in [5.74, 6) is -10.8. The van der Waals surface area contributed by atoms with E-state index in [1.165, 1.54) is 31.1 Å². The van der Waals surface area contributed by atoms with Crippen LogP contribution < -0.4 is 11.1 Å². The molecule has 0 saturated heterocycles. The molecule has 2 amide bonds. The topological polar surface area (TPSA) is 220 Å². The first-order valence-corrected chi connectivity index (χ1v) is 13.3. The second kappa shape index (κ2) is 10.2. The van der Waals surface area contributed by atoms with Crippen LogP contribution in [0.25, 0.3) is 5.76 Å². The number of nitrogens with two attached hydrogens (primary N) is 1. The van der Waals surface area contributed by atoms with E-state index in [1.54, 1.807) is 6.92 Å².